The van der Waals surface area contributed by atoms with E-state index >= 15 is 0 Å². The molecule has 0 aliphatic heterocycles. The van der Waals surface area contributed by atoms with Crippen LogP contribution in [0.1, 0.15) is 57.9 Å². The van der Waals surface area contributed by atoms with E-state index in [-0.39, 0.29) is 17.1 Å². The Labute approximate surface area is 149 Å². The largest absolute Gasteiger partial charge is 0.504 e. The molecule has 1 aromatic carbocycles. The Morgan fingerprint density at radius 2 is 1.88 bits per heavy atom. The smallest absolute Gasteiger partial charge is 0.301 e. The molecule has 0 aliphatic rings. The molecule has 0 radical (unpaired) electrons. The second-order valence-electron chi connectivity index (χ2n) is 6.47. The van der Waals surface area contributed by atoms with E-state index in [1.165, 1.54) is 25.7 Å². The van der Waals surface area contributed by atoms with E-state index < -0.39 is 0 Å². The van der Waals surface area contributed by atoms with Gasteiger partial charge in [-0.2, -0.15) is 0 Å². The van der Waals surface area contributed by atoms with Crippen molar-refractivity contribution in [1.82, 2.24) is 4.57 Å². The van der Waals surface area contributed by atoms with Crippen LogP contribution in [0.2, 0.25) is 0 Å². The number of rotatable bonds is 9. The maximum absolute atomic E-state index is 12.7. The van der Waals surface area contributed by atoms with E-state index in [1.54, 1.807) is 16.8 Å². The van der Waals surface area contributed by atoms with Crippen LogP contribution in [-0.2, 0) is 0 Å². The first-order chi connectivity index (χ1) is 12.1. The number of hydrogen-bond donors (Lipinski definition) is 1. The third-order valence-corrected chi connectivity index (χ3v) is 4.34. The monoisotopic (exact) mass is 343 g/mol. The Morgan fingerprint density at radius 3 is 2.60 bits per heavy atom. The molecule has 4 nitrogen and oxygen atoms in total. The maximum atomic E-state index is 12.7. The van der Waals surface area contributed by atoms with Crippen LogP contribution in [0, 0.1) is 6.92 Å². The zero-order valence-electron chi connectivity index (χ0n) is 15.5. The molecule has 0 aliphatic carbocycles. The summed E-state index contributed by atoms with van der Waals surface area (Å²) in [6.45, 7) is 6.46. The molecular weight excluding hydrogens is 314 g/mol. The van der Waals surface area contributed by atoms with Gasteiger partial charge in [-0.15, -0.1) is 0 Å². The molecule has 0 amide bonds. The van der Waals surface area contributed by atoms with Gasteiger partial charge in [0.15, 0.2) is 5.75 Å². The van der Waals surface area contributed by atoms with Crippen LogP contribution in [-0.4, -0.2) is 16.3 Å². The van der Waals surface area contributed by atoms with Gasteiger partial charge in [0.05, 0.1) is 12.1 Å². The normalized spacial score (nSPS) is 11.5. The Kier molecular flexibility index (Phi) is 7.11. The summed E-state index contributed by atoms with van der Waals surface area (Å²) in [7, 11) is 0. The number of nitrogens with zero attached hydrogens (tertiary/aromatic N) is 1. The van der Waals surface area contributed by atoms with Crippen LogP contribution in [0.25, 0.3) is 17.1 Å². The van der Waals surface area contributed by atoms with E-state index in [9.17, 15) is 9.90 Å². The lowest BCUT2D eigenvalue weighted by Gasteiger charge is -2.13. The van der Waals surface area contributed by atoms with Crippen molar-refractivity contribution >= 4 is 17.1 Å². The minimum atomic E-state index is -0.320. The molecule has 0 saturated heterocycles. The molecule has 136 valence electrons. The fourth-order valence-corrected chi connectivity index (χ4v) is 2.97. The SMILES string of the molecule is CC=Cn1c(=O)c(OCCCCCCCC)c(O)c2ccc(C)cc21. The topological polar surface area (TPSA) is 51.5 Å². The van der Waals surface area contributed by atoms with Gasteiger partial charge in [-0.05, 0) is 38.0 Å². The van der Waals surface area contributed by atoms with E-state index in [0.717, 1.165) is 18.4 Å². The number of allylic oxidation sites excluding steroid dienone is 1. The summed E-state index contributed by atoms with van der Waals surface area (Å²) < 4.78 is 7.22. The molecule has 2 aromatic rings. The van der Waals surface area contributed by atoms with E-state index in [2.05, 4.69) is 6.92 Å². The van der Waals surface area contributed by atoms with Gasteiger partial charge in [0.25, 0.3) is 0 Å². The third-order valence-electron chi connectivity index (χ3n) is 4.34. The van der Waals surface area contributed by atoms with E-state index in [1.807, 2.05) is 32.0 Å². The van der Waals surface area contributed by atoms with Crippen molar-refractivity contribution in [2.24, 2.45) is 0 Å². The number of hydrogen-bond acceptors (Lipinski definition) is 3. The lowest BCUT2D eigenvalue weighted by Crippen LogP contribution is -2.19. The fraction of sp³-hybridized carbons (Fsp3) is 0.476. The number of aryl methyl sites for hydroxylation is 1. The second kappa shape index (κ2) is 9.30. The highest BCUT2D eigenvalue weighted by atomic mass is 16.5. The minimum Gasteiger partial charge on any atom is -0.504 e. The van der Waals surface area contributed by atoms with Crippen molar-refractivity contribution in [2.75, 3.05) is 6.61 Å². The number of unbranched alkanes of at least 4 members (excludes halogenated alkanes) is 5. The summed E-state index contributed by atoms with van der Waals surface area (Å²) in [4.78, 5) is 12.7. The summed E-state index contributed by atoms with van der Waals surface area (Å²) in [6, 6.07) is 5.65. The first-order valence-corrected chi connectivity index (χ1v) is 9.23. The first-order valence-electron chi connectivity index (χ1n) is 9.23. The molecule has 0 spiro atoms. The Hall–Kier alpha value is -2.23. The average molecular weight is 343 g/mol. The summed E-state index contributed by atoms with van der Waals surface area (Å²) in [6.07, 6.45) is 10.4. The van der Waals surface area contributed by atoms with Crippen molar-refractivity contribution in [3.63, 3.8) is 0 Å². The molecule has 4 heteroatoms. The number of fused-ring (bicyclic) bond motifs is 1. The van der Waals surface area contributed by atoms with Gasteiger partial charge in [-0.1, -0.05) is 51.2 Å². The van der Waals surface area contributed by atoms with Gasteiger partial charge < -0.3 is 9.84 Å². The van der Waals surface area contributed by atoms with Crippen molar-refractivity contribution in [1.29, 1.82) is 0 Å². The number of aromatic nitrogens is 1. The highest BCUT2D eigenvalue weighted by Crippen LogP contribution is 2.32. The van der Waals surface area contributed by atoms with Gasteiger partial charge >= 0.3 is 5.56 Å². The molecule has 0 unspecified atom stereocenters. The number of ether oxygens (including phenoxy) is 1. The lowest BCUT2D eigenvalue weighted by molar-refractivity contribution is 0.285. The predicted octanol–water partition coefficient (Wildman–Crippen LogP) is 5.25. The summed E-state index contributed by atoms with van der Waals surface area (Å²) in [5.41, 5.74) is 1.40. The van der Waals surface area contributed by atoms with Crippen LogP contribution >= 0.6 is 0 Å². The molecule has 1 aromatic heterocycles. The van der Waals surface area contributed by atoms with Gasteiger partial charge in [0.1, 0.15) is 0 Å². The summed E-state index contributed by atoms with van der Waals surface area (Å²) in [5, 5.41) is 11.2. The molecule has 1 N–H and O–H groups in total. The quantitative estimate of drug-likeness (QED) is 0.633. The highest BCUT2D eigenvalue weighted by molar-refractivity contribution is 5.89. The zero-order chi connectivity index (χ0) is 18.2. The molecule has 2 rings (SSSR count). The van der Waals surface area contributed by atoms with Crippen LogP contribution in [0.3, 0.4) is 0 Å². The number of pyridine rings is 1. The molecule has 0 bridgehead atoms. The standard InChI is InChI=1S/C21H29NO3/c1-4-6-7-8-9-10-14-25-20-19(23)17-12-11-16(3)15-18(17)22(13-5-2)21(20)24/h5,11-13,15,23H,4,6-10,14H2,1-3H3. The Bertz CT molecular complexity index is 790. The van der Waals surface area contributed by atoms with Crippen molar-refractivity contribution in [3.8, 4) is 11.5 Å². The molecule has 0 fully saturated rings. The van der Waals surface area contributed by atoms with Crippen molar-refractivity contribution < 1.29 is 9.84 Å². The number of benzene rings is 1. The van der Waals surface area contributed by atoms with Crippen molar-refractivity contribution in [3.05, 3.63) is 40.2 Å². The molecular formula is C21H29NO3. The second-order valence-corrected chi connectivity index (χ2v) is 6.47. The molecule has 0 atom stereocenters. The lowest BCUT2D eigenvalue weighted by atomic mass is 10.1. The summed E-state index contributed by atoms with van der Waals surface area (Å²) in [5.74, 6) is -0.0188. The van der Waals surface area contributed by atoms with E-state index in [4.69, 9.17) is 4.74 Å². The van der Waals surface area contributed by atoms with Crippen LogP contribution in [0.15, 0.2) is 29.1 Å². The zero-order valence-corrected chi connectivity index (χ0v) is 15.5. The van der Waals surface area contributed by atoms with Gasteiger partial charge in [0, 0.05) is 11.6 Å². The predicted molar refractivity (Wildman–Crippen MR) is 104 cm³/mol. The number of aromatic hydroxyl groups is 1. The summed E-state index contributed by atoms with van der Waals surface area (Å²) >= 11 is 0. The Balaban J connectivity index is 2.22. The minimum absolute atomic E-state index is 0.0445. The van der Waals surface area contributed by atoms with Crippen LogP contribution in [0.5, 0.6) is 11.5 Å². The van der Waals surface area contributed by atoms with Crippen molar-refractivity contribution in [2.45, 2.75) is 59.3 Å². The third kappa shape index (κ3) is 4.65. The van der Waals surface area contributed by atoms with Gasteiger partial charge in [-0.25, -0.2) is 0 Å². The molecule has 1 heterocycles. The van der Waals surface area contributed by atoms with Crippen LogP contribution in [0.4, 0.5) is 0 Å². The molecule has 25 heavy (non-hydrogen) atoms. The molecule has 0 saturated carbocycles. The Morgan fingerprint density at radius 1 is 1.16 bits per heavy atom. The maximum Gasteiger partial charge on any atom is 0.301 e. The van der Waals surface area contributed by atoms with Gasteiger partial charge in [0.2, 0.25) is 5.75 Å². The van der Waals surface area contributed by atoms with Crippen LogP contribution < -0.4 is 10.3 Å². The first kappa shape index (κ1) is 19.1. The average Bonchev–Trinajstić information content (AvgIpc) is 2.60. The highest BCUT2D eigenvalue weighted by Gasteiger charge is 2.16. The van der Waals surface area contributed by atoms with Gasteiger partial charge in [-0.3, -0.25) is 9.36 Å². The van der Waals surface area contributed by atoms with E-state index in [0.29, 0.717) is 17.5 Å². The fourth-order valence-electron chi connectivity index (χ4n) is 2.97.